The first-order valence-corrected chi connectivity index (χ1v) is 10.5. The Kier molecular flexibility index (Phi) is 5.68. The molecule has 1 aromatic heterocycles. The quantitative estimate of drug-likeness (QED) is 0.717. The summed E-state index contributed by atoms with van der Waals surface area (Å²) in [6.07, 6.45) is 3.37. The van der Waals surface area contributed by atoms with E-state index in [1.54, 1.807) is 12.4 Å². The smallest absolute Gasteiger partial charge is 0.278 e. The highest BCUT2D eigenvalue weighted by Crippen LogP contribution is 2.34. The zero-order chi connectivity index (χ0) is 21.3. The maximum atomic E-state index is 13.5. The molecule has 0 saturated carbocycles. The van der Waals surface area contributed by atoms with Crippen molar-refractivity contribution in [1.29, 1.82) is 0 Å². The van der Waals surface area contributed by atoms with E-state index in [9.17, 15) is 9.59 Å². The predicted octanol–water partition coefficient (Wildman–Crippen LogP) is 2.62. The van der Waals surface area contributed by atoms with Gasteiger partial charge in [0.05, 0.1) is 12.1 Å². The third-order valence-electron chi connectivity index (χ3n) is 6.02. The number of aryl methyl sites for hydroxylation is 2. The second-order valence-corrected chi connectivity index (χ2v) is 8.02. The van der Waals surface area contributed by atoms with Crippen molar-refractivity contribution in [2.24, 2.45) is 0 Å². The number of hydrogen-bond acceptors (Lipinski definition) is 5. The molecule has 0 spiro atoms. The van der Waals surface area contributed by atoms with Gasteiger partial charge in [0, 0.05) is 38.6 Å². The third kappa shape index (κ3) is 3.75. The van der Waals surface area contributed by atoms with E-state index in [4.69, 9.17) is 0 Å². The van der Waals surface area contributed by atoms with Gasteiger partial charge in [-0.15, -0.1) is 0 Å². The van der Waals surface area contributed by atoms with Gasteiger partial charge in [0.15, 0.2) is 0 Å². The molecule has 2 aliphatic heterocycles. The number of pyridine rings is 1. The van der Waals surface area contributed by atoms with Crippen LogP contribution in [0, 0.1) is 13.8 Å². The largest absolute Gasteiger partial charge is 0.364 e. The van der Waals surface area contributed by atoms with Gasteiger partial charge in [-0.05, 0) is 49.2 Å². The molecule has 6 heteroatoms. The van der Waals surface area contributed by atoms with E-state index >= 15 is 0 Å². The fourth-order valence-electron chi connectivity index (χ4n) is 4.30. The van der Waals surface area contributed by atoms with Gasteiger partial charge in [-0.1, -0.05) is 30.7 Å². The van der Waals surface area contributed by atoms with Crippen LogP contribution in [-0.4, -0.2) is 64.2 Å². The zero-order valence-electron chi connectivity index (χ0n) is 17.9. The highest BCUT2D eigenvalue weighted by atomic mass is 16.2. The van der Waals surface area contributed by atoms with Gasteiger partial charge in [-0.3, -0.25) is 19.5 Å². The fourth-order valence-corrected chi connectivity index (χ4v) is 4.30. The second kappa shape index (κ2) is 8.40. The number of amides is 2. The van der Waals surface area contributed by atoms with E-state index in [1.807, 2.05) is 38.1 Å². The first-order chi connectivity index (χ1) is 14.5. The monoisotopic (exact) mass is 404 g/mol. The normalized spacial score (nSPS) is 18.0. The minimum atomic E-state index is -0.211. The van der Waals surface area contributed by atoms with Gasteiger partial charge in [-0.25, -0.2) is 0 Å². The van der Waals surface area contributed by atoms with Crippen LogP contribution in [0.4, 0.5) is 0 Å². The lowest BCUT2D eigenvalue weighted by Gasteiger charge is -2.36. The summed E-state index contributed by atoms with van der Waals surface area (Å²) in [6.45, 7) is 10.7. The maximum absolute atomic E-state index is 13.5. The molecule has 2 aromatic rings. The van der Waals surface area contributed by atoms with Gasteiger partial charge < -0.3 is 9.80 Å². The molecular formula is C24H28N4O2. The summed E-state index contributed by atoms with van der Waals surface area (Å²) in [5, 5.41) is 0. The number of carbonyl (C=O) groups excluding carboxylic acids is 2. The number of hydrogen-bond donors (Lipinski definition) is 0. The van der Waals surface area contributed by atoms with E-state index in [-0.39, 0.29) is 18.4 Å². The molecule has 2 aliphatic rings. The van der Waals surface area contributed by atoms with Crippen LogP contribution in [0.15, 0.2) is 48.4 Å². The van der Waals surface area contributed by atoms with Crippen molar-refractivity contribution in [3.8, 4) is 0 Å². The number of benzene rings is 1. The Morgan fingerprint density at radius 2 is 1.63 bits per heavy atom. The zero-order valence-corrected chi connectivity index (χ0v) is 17.9. The van der Waals surface area contributed by atoms with Crippen molar-refractivity contribution in [1.82, 2.24) is 19.7 Å². The molecule has 0 atom stereocenters. The minimum Gasteiger partial charge on any atom is -0.364 e. The van der Waals surface area contributed by atoms with Crippen LogP contribution < -0.4 is 0 Å². The molecule has 0 N–H and O–H groups in total. The summed E-state index contributed by atoms with van der Waals surface area (Å²) in [6, 6.07) is 9.73. The number of imide groups is 1. The number of carbonyl (C=O) groups is 2. The summed E-state index contributed by atoms with van der Waals surface area (Å²) in [5.74, 6) is -0.409. The number of likely N-dealkylation sites (N-methyl/N-ethyl adjacent to an activating group) is 1. The molecule has 4 rings (SSSR count). The van der Waals surface area contributed by atoms with Crippen molar-refractivity contribution in [3.05, 3.63) is 70.7 Å². The SMILES string of the molecule is CCN1CCN(C2=C(c3ccc(C)cc3C)C(=O)N(Cc3ccncc3)C2=O)CC1. The van der Waals surface area contributed by atoms with Crippen molar-refractivity contribution >= 4 is 17.4 Å². The molecule has 2 amide bonds. The molecule has 0 unspecified atom stereocenters. The molecule has 0 bridgehead atoms. The highest BCUT2D eigenvalue weighted by Gasteiger charge is 2.42. The summed E-state index contributed by atoms with van der Waals surface area (Å²) in [4.78, 5) is 36.9. The molecule has 30 heavy (non-hydrogen) atoms. The van der Waals surface area contributed by atoms with Crippen LogP contribution in [0.5, 0.6) is 0 Å². The Balaban J connectivity index is 1.74. The molecule has 1 aromatic carbocycles. The Bertz CT molecular complexity index is 992. The number of piperazine rings is 1. The van der Waals surface area contributed by atoms with Crippen molar-refractivity contribution < 1.29 is 9.59 Å². The molecule has 6 nitrogen and oxygen atoms in total. The summed E-state index contributed by atoms with van der Waals surface area (Å²) in [7, 11) is 0. The number of aromatic nitrogens is 1. The summed E-state index contributed by atoms with van der Waals surface area (Å²) >= 11 is 0. The highest BCUT2D eigenvalue weighted by molar-refractivity contribution is 6.35. The molecule has 1 fully saturated rings. The van der Waals surface area contributed by atoms with Gasteiger partial charge in [-0.2, -0.15) is 0 Å². The Morgan fingerprint density at radius 3 is 2.27 bits per heavy atom. The van der Waals surface area contributed by atoms with Gasteiger partial charge >= 0.3 is 0 Å². The molecule has 0 aliphatic carbocycles. The number of nitrogens with zero attached hydrogens (tertiary/aromatic N) is 4. The third-order valence-corrected chi connectivity index (χ3v) is 6.02. The average Bonchev–Trinajstić information content (AvgIpc) is 2.99. The standard InChI is InChI=1S/C24H28N4O2/c1-4-26-11-13-27(14-12-26)22-21(20-6-5-17(2)15-18(20)3)23(29)28(24(22)30)16-19-7-9-25-10-8-19/h5-10,15H,4,11-14,16H2,1-3H3. The van der Waals surface area contributed by atoms with Gasteiger partial charge in [0.2, 0.25) is 0 Å². The lowest BCUT2D eigenvalue weighted by molar-refractivity contribution is -0.138. The molecule has 1 saturated heterocycles. The van der Waals surface area contributed by atoms with E-state index in [2.05, 4.69) is 27.8 Å². The van der Waals surface area contributed by atoms with Gasteiger partial charge in [0.1, 0.15) is 5.70 Å². The minimum absolute atomic E-state index is 0.197. The lowest BCUT2D eigenvalue weighted by Crippen LogP contribution is -2.47. The predicted molar refractivity (Wildman–Crippen MR) is 116 cm³/mol. The van der Waals surface area contributed by atoms with E-state index < -0.39 is 0 Å². The van der Waals surface area contributed by atoms with Gasteiger partial charge in [0.25, 0.3) is 11.8 Å². The molecule has 3 heterocycles. The fraction of sp³-hybridized carbons (Fsp3) is 0.375. The van der Waals surface area contributed by atoms with E-state index in [0.29, 0.717) is 11.3 Å². The van der Waals surface area contributed by atoms with Crippen LogP contribution in [0.2, 0.25) is 0 Å². The molecular weight excluding hydrogens is 376 g/mol. The Morgan fingerprint density at radius 1 is 0.933 bits per heavy atom. The first kappa shape index (κ1) is 20.3. The van der Waals surface area contributed by atoms with E-state index in [0.717, 1.165) is 55.0 Å². The molecule has 0 radical (unpaired) electrons. The van der Waals surface area contributed by atoms with E-state index in [1.165, 1.54) is 4.90 Å². The van der Waals surface area contributed by atoms with Crippen molar-refractivity contribution in [3.63, 3.8) is 0 Å². The summed E-state index contributed by atoms with van der Waals surface area (Å²) < 4.78 is 0. The Labute approximate surface area is 177 Å². The average molecular weight is 405 g/mol. The van der Waals surface area contributed by atoms with Crippen LogP contribution in [0.1, 0.15) is 29.2 Å². The van der Waals surface area contributed by atoms with Crippen LogP contribution >= 0.6 is 0 Å². The van der Waals surface area contributed by atoms with Crippen molar-refractivity contribution in [2.75, 3.05) is 32.7 Å². The summed E-state index contributed by atoms with van der Waals surface area (Å²) in [5.41, 5.74) is 4.99. The number of rotatable bonds is 5. The topological polar surface area (TPSA) is 56.8 Å². The Hall–Kier alpha value is -2.99. The van der Waals surface area contributed by atoms with Crippen LogP contribution in [0.25, 0.3) is 5.57 Å². The first-order valence-electron chi connectivity index (χ1n) is 10.5. The second-order valence-electron chi connectivity index (χ2n) is 8.02. The van der Waals surface area contributed by atoms with Crippen LogP contribution in [-0.2, 0) is 16.1 Å². The maximum Gasteiger partial charge on any atom is 0.278 e. The van der Waals surface area contributed by atoms with Crippen molar-refractivity contribution in [2.45, 2.75) is 27.3 Å². The lowest BCUT2D eigenvalue weighted by atomic mass is 9.97. The van der Waals surface area contributed by atoms with Crippen LogP contribution in [0.3, 0.4) is 0 Å². The molecule has 156 valence electrons.